The summed E-state index contributed by atoms with van der Waals surface area (Å²) in [5, 5.41) is 8.61. The average molecular weight is 717 g/mol. The third kappa shape index (κ3) is 18.8. The molecule has 0 unspecified atom stereocenters. The number of carboxylic acids is 1. The molecular formula is C37H52BrN2O7+. The molecule has 1 heterocycles. The Morgan fingerprint density at radius 3 is 2.04 bits per heavy atom. The van der Waals surface area contributed by atoms with Crippen LogP contribution in [0.25, 0.3) is 0 Å². The monoisotopic (exact) mass is 715 g/mol. The van der Waals surface area contributed by atoms with Gasteiger partial charge in [0, 0.05) is 12.0 Å². The van der Waals surface area contributed by atoms with E-state index in [1.807, 2.05) is 18.0 Å². The molecule has 258 valence electrons. The second kappa shape index (κ2) is 22.7. The van der Waals surface area contributed by atoms with Gasteiger partial charge in [0.05, 0.1) is 18.7 Å². The first-order valence-electron chi connectivity index (χ1n) is 16.0. The number of quaternary nitrogens is 1. The molecule has 2 aromatic rings. The second-order valence-electron chi connectivity index (χ2n) is 12.2. The van der Waals surface area contributed by atoms with E-state index in [-0.39, 0.29) is 6.42 Å². The lowest BCUT2D eigenvalue weighted by atomic mass is 9.94. The van der Waals surface area contributed by atoms with E-state index >= 15 is 0 Å². The summed E-state index contributed by atoms with van der Waals surface area (Å²) in [6.07, 6.45) is 12.1. The number of ether oxygens (including phenoxy) is 2. The van der Waals surface area contributed by atoms with Gasteiger partial charge in [-0.3, -0.25) is 9.59 Å². The zero-order valence-corrected chi connectivity index (χ0v) is 30.0. The van der Waals surface area contributed by atoms with Crippen molar-refractivity contribution in [1.29, 1.82) is 0 Å². The van der Waals surface area contributed by atoms with Gasteiger partial charge in [0.25, 0.3) is 0 Å². The van der Waals surface area contributed by atoms with Gasteiger partial charge in [-0.1, -0.05) is 77.8 Å². The van der Waals surface area contributed by atoms with Crippen molar-refractivity contribution < 1.29 is 38.7 Å². The van der Waals surface area contributed by atoms with Crippen molar-refractivity contribution >= 4 is 39.7 Å². The first kappa shape index (κ1) is 41.3. The van der Waals surface area contributed by atoms with E-state index in [1.165, 1.54) is 37.3 Å². The Morgan fingerprint density at radius 2 is 1.57 bits per heavy atom. The SMILES string of the molecule is CBr.CC(C)(C)OC(N)=O.CCC1CC[NH+](CC(=O)C2=CCCC=C2)CC1.O=C(O)CCc1ccc(OC(=O)c2ccccc2)cc1. The lowest BCUT2D eigenvalue weighted by Gasteiger charge is -2.28. The number of aliphatic carboxylic acids is 1. The summed E-state index contributed by atoms with van der Waals surface area (Å²) in [4.78, 5) is 45.9. The summed E-state index contributed by atoms with van der Waals surface area (Å²) < 4.78 is 9.80. The maximum atomic E-state index is 12.1. The molecule has 0 aromatic heterocycles. The van der Waals surface area contributed by atoms with Gasteiger partial charge in [0.15, 0.2) is 0 Å². The molecule has 1 aliphatic heterocycles. The topological polar surface area (TPSA) is 137 Å². The van der Waals surface area contributed by atoms with Crippen molar-refractivity contribution in [3.8, 4) is 5.75 Å². The molecule has 47 heavy (non-hydrogen) atoms. The molecule has 10 heteroatoms. The van der Waals surface area contributed by atoms with Gasteiger partial charge in [-0.2, -0.15) is 0 Å². The summed E-state index contributed by atoms with van der Waals surface area (Å²) >= 11 is 2.94. The first-order chi connectivity index (χ1) is 22.4. The molecule has 1 fully saturated rings. The Balaban J connectivity index is 0.000000371. The summed E-state index contributed by atoms with van der Waals surface area (Å²) in [6.45, 7) is 10.6. The van der Waals surface area contributed by atoms with Crippen LogP contribution in [0.3, 0.4) is 0 Å². The Hall–Kier alpha value is -3.76. The van der Waals surface area contributed by atoms with Crippen LogP contribution in [0, 0.1) is 5.92 Å². The van der Waals surface area contributed by atoms with E-state index in [4.69, 9.17) is 15.6 Å². The molecule has 0 saturated carbocycles. The summed E-state index contributed by atoms with van der Waals surface area (Å²) in [5.41, 5.74) is 6.59. The third-order valence-corrected chi connectivity index (χ3v) is 7.29. The van der Waals surface area contributed by atoms with Crippen LogP contribution in [0.1, 0.15) is 82.1 Å². The number of benzene rings is 2. The molecular weight excluding hydrogens is 664 g/mol. The number of alkyl halides is 1. The number of esters is 1. The number of ketones is 1. The smallest absolute Gasteiger partial charge is 0.405 e. The van der Waals surface area contributed by atoms with E-state index in [1.54, 1.807) is 69.3 Å². The molecule has 2 aliphatic rings. The maximum absolute atomic E-state index is 12.1. The number of hydrogen-bond acceptors (Lipinski definition) is 6. The quantitative estimate of drug-likeness (QED) is 0.156. The predicted molar refractivity (Wildman–Crippen MR) is 189 cm³/mol. The summed E-state index contributed by atoms with van der Waals surface area (Å²) in [7, 11) is 0. The van der Waals surface area contributed by atoms with Gasteiger partial charge >= 0.3 is 18.0 Å². The highest BCUT2D eigenvalue weighted by molar-refractivity contribution is 9.08. The highest BCUT2D eigenvalue weighted by Gasteiger charge is 2.23. The number of allylic oxidation sites excluding steroid dienone is 3. The standard InChI is InChI=1S/C16H14O4.C15H23NO.C5H11NO2.CH3Br/c17-15(18)11-8-12-6-9-14(10-7-12)20-16(19)13-4-2-1-3-5-13;1-2-13-8-10-16(11-9-13)12-15(17)14-6-4-3-5-7-14;1-5(2,3)8-4(6)7;1-2/h1-7,9-10H,8,11H2,(H,17,18);4,6-7,13H,2-3,5,8-12H2,1H3;1-3H3,(H2,6,7);1H3/p+1. The van der Waals surface area contributed by atoms with Crippen molar-refractivity contribution in [3.63, 3.8) is 0 Å². The van der Waals surface area contributed by atoms with Gasteiger partial charge in [-0.25, -0.2) is 9.59 Å². The van der Waals surface area contributed by atoms with E-state index in [2.05, 4.69) is 39.7 Å². The predicted octanol–water partition coefficient (Wildman–Crippen LogP) is 6.35. The van der Waals surface area contributed by atoms with Crippen molar-refractivity contribution in [3.05, 3.63) is 89.5 Å². The van der Waals surface area contributed by atoms with Crippen LogP contribution in [-0.2, 0) is 20.7 Å². The number of rotatable bonds is 9. The molecule has 9 nitrogen and oxygen atoms in total. The van der Waals surface area contributed by atoms with Gasteiger partial charge in [0.1, 0.15) is 17.9 Å². The van der Waals surface area contributed by atoms with E-state index in [0.717, 1.165) is 29.9 Å². The minimum absolute atomic E-state index is 0.0865. The Kier molecular flexibility index (Phi) is 19.9. The molecule has 1 amide bonds. The van der Waals surface area contributed by atoms with Crippen LogP contribution < -0.4 is 15.4 Å². The highest BCUT2D eigenvalue weighted by Crippen LogP contribution is 2.16. The average Bonchev–Trinajstić information content (AvgIpc) is 3.06. The van der Waals surface area contributed by atoms with Crippen molar-refractivity contribution in [2.75, 3.05) is 25.5 Å². The molecule has 4 N–H and O–H groups in total. The molecule has 2 aromatic carbocycles. The number of aryl methyl sites for hydroxylation is 1. The van der Waals surface area contributed by atoms with E-state index < -0.39 is 23.6 Å². The van der Waals surface area contributed by atoms with E-state index in [0.29, 0.717) is 30.1 Å². The fourth-order valence-corrected chi connectivity index (χ4v) is 4.84. The Bertz CT molecular complexity index is 1290. The van der Waals surface area contributed by atoms with Crippen LogP contribution in [0.5, 0.6) is 5.75 Å². The molecule has 0 radical (unpaired) electrons. The molecule has 1 saturated heterocycles. The number of carbonyl (C=O) groups is 4. The number of primary amides is 1. The number of Topliss-reactive ketones (excluding diaryl/α,β-unsaturated/α-hetero) is 1. The van der Waals surface area contributed by atoms with Gasteiger partial charge in [-0.15, -0.1) is 0 Å². The number of amides is 1. The maximum Gasteiger partial charge on any atom is 0.405 e. The van der Waals surface area contributed by atoms with Crippen molar-refractivity contribution in [1.82, 2.24) is 0 Å². The fourth-order valence-electron chi connectivity index (χ4n) is 4.84. The number of piperidine rings is 1. The fraction of sp³-hybridized carbons (Fsp3) is 0.459. The number of likely N-dealkylation sites (tertiary alicyclic amines) is 1. The van der Waals surface area contributed by atoms with Crippen LogP contribution in [0.2, 0.25) is 0 Å². The molecule has 0 bridgehead atoms. The van der Waals surface area contributed by atoms with Crippen molar-refractivity contribution in [2.24, 2.45) is 11.7 Å². The first-order valence-corrected chi connectivity index (χ1v) is 17.6. The third-order valence-electron chi connectivity index (χ3n) is 7.29. The molecule has 0 atom stereocenters. The minimum Gasteiger partial charge on any atom is -0.481 e. The van der Waals surface area contributed by atoms with Crippen LogP contribution in [0.4, 0.5) is 4.79 Å². The number of carbonyl (C=O) groups excluding carboxylic acids is 3. The van der Waals surface area contributed by atoms with Gasteiger partial charge in [0.2, 0.25) is 5.78 Å². The largest absolute Gasteiger partial charge is 0.481 e. The number of hydrogen-bond donors (Lipinski definition) is 3. The lowest BCUT2D eigenvalue weighted by Crippen LogP contribution is -3.14. The summed E-state index contributed by atoms with van der Waals surface area (Å²) in [5.74, 6) is 2.26. The van der Waals surface area contributed by atoms with Crippen LogP contribution >= 0.6 is 15.9 Å². The van der Waals surface area contributed by atoms with Gasteiger partial charge < -0.3 is 25.2 Å². The van der Waals surface area contributed by atoms with Crippen molar-refractivity contribution in [2.45, 2.75) is 78.2 Å². The number of carboxylic acid groups (broad SMARTS) is 1. The Labute approximate surface area is 288 Å². The molecule has 0 spiro atoms. The zero-order valence-electron chi connectivity index (χ0n) is 28.4. The lowest BCUT2D eigenvalue weighted by molar-refractivity contribution is -0.898. The molecule has 1 aliphatic carbocycles. The number of nitrogens with two attached hydrogens (primary N) is 1. The van der Waals surface area contributed by atoms with Gasteiger partial charge in [-0.05, 0) is 94.5 Å². The number of halogens is 1. The zero-order chi connectivity index (χ0) is 35.2. The Morgan fingerprint density at radius 1 is 0.957 bits per heavy atom. The second-order valence-corrected chi connectivity index (χ2v) is 12.2. The normalized spacial score (nSPS) is 16.7. The van der Waals surface area contributed by atoms with E-state index in [9.17, 15) is 19.2 Å². The minimum atomic E-state index is -0.829. The summed E-state index contributed by atoms with van der Waals surface area (Å²) in [6, 6.07) is 15.6. The van der Waals surface area contributed by atoms with Crippen LogP contribution in [0.15, 0.2) is 78.4 Å². The molecule has 4 rings (SSSR count). The van der Waals surface area contributed by atoms with Crippen LogP contribution in [-0.4, -0.2) is 60.0 Å². The highest BCUT2D eigenvalue weighted by atomic mass is 79.9. The number of nitrogens with one attached hydrogen (secondary N) is 1.